The summed E-state index contributed by atoms with van der Waals surface area (Å²) in [5, 5.41) is 8.35. The monoisotopic (exact) mass is 285 g/mol. The molecule has 0 aromatic rings. The van der Waals surface area contributed by atoms with Gasteiger partial charge in [-0.3, -0.25) is 9.13 Å². The topological polar surface area (TPSA) is 161 Å². The Morgan fingerprint density at radius 2 is 1.53 bits per heavy atom. The van der Waals surface area contributed by atoms with Crippen LogP contribution in [0, 0.1) is 0 Å². The van der Waals surface area contributed by atoms with Crippen LogP contribution in [0.15, 0.2) is 0 Å². The first-order valence-electron chi connectivity index (χ1n) is 3.05. The maximum atomic E-state index is 10.1. The molecule has 0 aliphatic rings. The van der Waals surface area contributed by atoms with E-state index in [0.29, 0.717) is 0 Å². The normalized spacial score (nSPS) is 11.7. The van der Waals surface area contributed by atoms with Crippen molar-refractivity contribution in [3.8, 4) is 0 Å². The Hall–Kier alpha value is 2.22. The molecule has 0 radical (unpaired) electrons. The molecule has 0 spiro atoms. The molecule has 0 aromatic heterocycles. The molecule has 12 heteroatoms. The molecule has 0 saturated heterocycles. The predicted octanol–water partition coefficient (Wildman–Crippen LogP) is -3.11. The van der Waals surface area contributed by atoms with Crippen LogP contribution in [0.25, 0.3) is 0 Å². The van der Waals surface area contributed by atoms with E-state index in [1.54, 1.807) is 0 Å². The van der Waals surface area contributed by atoms with E-state index in [4.69, 9.17) is 35.0 Å². The van der Waals surface area contributed by atoms with Crippen LogP contribution >= 0.6 is 15.9 Å². The van der Waals surface area contributed by atoms with E-state index < -0.39 is 22.1 Å². The quantitative estimate of drug-likeness (QED) is 0.180. The van der Waals surface area contributed by atoms with Crippen molar-refractivity contribution in [3.63, 3.8) is 0 Å². The van der Waals surface area contributed by atoms with Gasteiger partial charge in [-0.15, -0.1) is 0 Å². The molecule has 1 unspecified atom stereocenters. The van der Waals surface area contributed by atoms with E-state index >= 15 is 0 Å². The third kappa shape index (κ3) is 48.5. The minimum absolute atomic E-state index is 0. The second-order valence-corrected chi connectivity index (χ2v) is 4.37. The molecule has 8 nitrogen and oxygen atoms in total. The zero-order valence-electron chi connectivity index (χ0n) is 6.57. The van der Waals surface area contributed by atoms with E-state index in [1.165, 1.54) is 0 Å². The van der Waals surface area contributed by atoms with Crippen molar-refractivity contribution >= 4 is 75.0 Å². The SMILES string of the molecule is NC(O)CCP(=O)(O)O.O=[PH](O)O.[NaH].[NaH]. The van der Waals surface area contributed by atoms with E-state index in [-0.39, 0.29) is 71.7 Å². The average molecular weight is 285 g/mol. The summed E-state index contributed by atoms with van der Waals surface area (Å²) in [6, 6.07) is 0. The van der Waals surface area contributed by atoms with Crippen molar-refractivity contribution in [2.45, 2.75) is 12.6 Å². The van der Waals surface area contributed by atoms with Gasteiger partial charge in [0.25, 0.3) is 0 Å². The summed E-state index contributed by atoms with van der Waals surface area (Å²) in [6.07, 6.45) is -1.55. The Morgan fingerprint density at radius 1 is 1.27 bits per heavy atom. The molecule has 0 amide bonds. The second-order valence-electron chi connectivity index (χ2n) is 2.03. The number of rotatable bonds is 3. The van der Waals surface area contributed by atoms with Crippen molar-refractivity contribution in [2.24, 2.45) is 5.73 Å². The number of nitrogens with two attached hydrogens (primary N) is 1. The fourth-order valence-corrected chi connectivity index (χ4v) is 0.901. The molecule has 1 atom stereocenters. The molecule has 0 saturated carbocycles. The van der Waals surface area contributed by atoms with Gasteiger partial charge in [-0.1, -0.05) is 0 Å². The first kappa shape index (κ1) is 25.9. The summed E-state index contributed by atoms with van der Waals surface area (Å²) in [4.78, 5) is 30.7. The van der Waals surface area contributed by atoms with Gasteiger partial charge in [0, 0.05) is 0 Å². The second kappa shape index (κ2) is 14.3. The van der Waals surface area contributed by atoms with Crippen molar-refractivity contribution in [3.05, 3.63) is 0 Å². The van der Waals surface area contributed by atoms with Gasteiger partial charge >= 0.3 is 75.0 Å². The molecule has 0 heterocycles. The van der Waals surface area contributed by atoms with Gasteiger partial charge in [-0.05, 0) is 6.42 Å². The molecule has 0 aliphatic heterocycles. The maximum absolute atomic E-state index is 10.1. The van der Waals surface area contributed by atoms with Gasteiger partial charge in [0.2, 0.25) is 0 Å². The van der Waals surface area contributed by atoms with Gasteiger partial charge in [-0.2, -0.15) is 0 Å². The zero-order valence-corrected chi connectivity index (χ0v) is 8.46. The first-order valence-corrected chi connectivity index (χ1v) is 6.15. The molecule has 15 heavy (non-hydrogen) atoms. The van der Waals surface area contributed by atoms with E-state index in [9.17, 15) is 4.57 Å². The molecule has 86 valence electrons. The van der Waals surface area contributed by atoms with Crippen LogP contribution in [-0.2, 0) is 9.13 Å². The standard InChI is InChI=1S/C3H10NO4P.2Na.H3O3P.2H/c4-3(5)1-2-9(6,7)8;;;1-4(2)3;;/h3,5H,1-2,4H2,(H2,6,7,8);;;4H,(H2,1,2,3);;. The Balaban J connectivity index is -0.0000000883. The Kier molecular flexibility index (Phi) is 24.7. The van der Waals surface area contributed by atoms with Crippen LogP contribution < -0.4 is 5.73 Å². The first-order chi connectivity index (χ1) is 5.65. The van der Waals surface area contributed by atoms with E-state index in [0.717, 1.165) is 0 Å². The van der Waals surface area contributed by atoms with Crippen LogP contribution in [-0.4, -0.2) is 96.2 Å². The van der Waals surface area contributed by atoms with Crippen molar-refractivity contribution < 1.29 is 33.8 Å². The number of aliphatic hydroxyl groups excluding tert-OH is 1. The molecule has 0 rings (SSSR count). The molecule has 0 aromatic carbocycles. The van der Waals surface area contributed by atoms with Crippen molar-refractivity contribution in [1.82, 2.24) is 0 Å². The third-order valence-electron chi connectivity index (χ3n) is 0.716. The van der Waals surface area contributed by atoms with Crippen LogP contribution in [0.2, 0.25) is 0 Å². The average Bonchev–Trinajstić information content (AvgIpc) is 1.80. The molecule has 0 bridgehead atoms. The Bertz CT molecular complexity index is 193. The fourth-order valence-electron chi connectivity index (χ4n) is 0.300. The van der Waals surface area contributed by atoms with Gasteiger partial charge < -0.3 is 30.4 Å². The molecular formula is C3H15NNa2O7P2. The molecule has 0 fully saturated rings. The predicted molar refractivity (Wildman–Crippen MR) is 59.5 cm³/mol. The molecular weight excluding hydrogens is 270 g/mol. The van der Waals surface area contributed by atoms with Gasteiger partial charge in [-0.25, -0.2) is 0 Å². The summed E-state index contributed by atoms with van der Waals surface area (Å²) >= 11 is 0. The van der Waals surface area contributed by atoms with Gasteiger partial charge in [0.1, 0.15) is 6.23 Å². The van der Waals surface area contributed by atoms with Crippen LogP contribution in [0.5, 0.6) is 0 Å². The Labute approximate surface area is 132 Å². The number of hydrogen-bond donors (Lipinski definition) is 6. The Morgan fingerprint density at radius 3 is 1.60 bits per heavy atom. The number of hydrogen-bond acceptors (Lipinski definition) is 4. The summed E-state index contributed by atoms with van der Waals surface area (Å²) in [5.41, 5.74) is 4.81. The minimum atomic E-state index is -3.96. The summed E-state index contributed by atoms with van der Waals surface area (Å²) in [5.74, 6) is 0. The zero-order chi connectivity index (χ0) is 11.1. The van der Waals surface area contributed by atoms with Crippen LogP contribution in [0.1, 0.15) is 6.42 Å². The fraction of sp³-hybridized carbons (Fsp3) is 1.00. The van der Waals surface area contributed by atoms with Gasteiger partial charge in [0.15, 0.2) is 0 Å². The van der Waals surface area contributed by atoms with Gasteiger partial charge in [0.05, 0.1) is 6.16 Å². The van der Waals surface area contributed by atoms with Crippen molar-refractivity contribution in [2.75, 3.05) is 6.16 Å². The summed E-state index contributed by atoms with van der Waals surface area (Å²) in [6.45, 7) is 0. The third-order valence-corrected chi connectivity index (χ3v) is 1.56. The van der Waals surface area contributed by atoms with Crippen LogP contribution in [0.4, 0.5) is 0 Å². The number of aliphatic hydroxyl groups is 1. The summed E-state index contributed by atoms with van der Waals surface area (Å²) < 4.78 is 18.8. The van der Waals surface area contributed by atoms with E-state index in [2.05, 4.69) is 0 Å². The molecule has 7 N–H and O–H groups in total. The summed E-state index contributed by atoms with van der Waals surface area (Å²) in [7, 11) is -7.09. The van der Waals surface area contributed by atoms with E-state index in [1.807, 2.05) is 0 Å². The molecule has 0 aliphatic carbocycles. The van der Waals surface area contributed by atoms with Crippen molar-refractivity contribution in [1.29, 1.82) is 0 Å². The van der Waals surface area contributed by atoms with Crippen LogP contribution in [0.3, 0.4) is 0 Å².